The van der Waals surface area contributed by atoms with Crippen LogP contribution in [0.25, 0.3) is 0 Å². The molecule has 258 valence electrons. The number of nitrogens with two attached hydrogens (primary N) is 1. The molecule has 0 amide bonds. The van der Waals surface area contributed by atoms with Crippen molar-refractivity contribution < 1.29 is 40.2 Å². The first-order chi connectivity index (χ1) is 21.8. The van der Waals surface area contributed by atoms with Crippen molar-refractivity contribution in [2.45, 2.75) is 96.9 Å². The van der Waals surface area contributed by atoms with Crippen molar-refractivity contribution in [3.8, 4) is 0 Å². The summed E-state index contributed by atoms with van der Waals surface area (Å²) < 4.78 is 96.2. The zero-order valence-corrected chi connectivity index (χ0v) is 27.6. The highest BCUT2D eigenvalue weighted by Gasteiger charge is 2.52. The van der Waals surface area contributed by atoms with Gasteiger partial charge < -0.3 is 14.2 Å². The fraction of sp³-hybridized carbons (Fsp3) is 0.613. The number of nitrogens with zero attached hydrogens (tertiary/aromatic N) is 5. The van der Waals surface area contributed by atoms with Crippen molar-refractivity contribution in [2.24, 2.45) is 22.0 Å². The molecule has 3 N–H and O–H groups in total. The van der Waals surface area contributed by atoms with Crippen molar-refractivity contribution in [1.82, 2.24) is 10.4 Å². The first-order valence-corrected chi connectivity index (χ1v) is 15.6. The minimum absolute atomic E-state index is 0.0491. The highest BCUT2D eigenvalue weighted by atomic mass is 19.4. The topological polar surface area (TPSA) is 100 Å². The minimum atomic E-state index is -5.00. The van der Waals surface area contributed by atoms with Crippen molar-refractivity contribution in [3.05, 3.63) is 52.7 Å². The van der Waals surface area contributed by atoms with Crippen LogP contribution in [0.5, 0.6) is 0 Å². The molecule has 1 aliphatic carbocycles. The lowest BCUT2D eigenvalue weighted by molar-refractivity contribution is -0.562. The summed E-state index contributed by atoms with van der Waals surface area (Å²) in [6.07, 6.45) is -3.83. The molecule has 16 heteroatoms. The van der Waals surface area contributed by atoms with E-state index in [4.69, 9.17) is 20.0 Å². The van der Waals surface area contributed by atoms with E-state index in [9.17, 15) is 26.3 Å². The van der Waals surface area contributed by atoms with Gasteiger partial charge in [0, 0.05) is 30.3 Å². The highest BCUT2D eigenvalue weighted by Crippen LogP contribution is 2.38. The predicted molar refractivity (Wildman–Crippen MR) is 167 cm³/mol. The summed E-state index contributed by atoms with van der Waals surface area (Å²) in [6.45, 7) is 10.6. The third kappa shape index (κ3) is 8.75. The quantitative estimate of drug-likeness (QED) is 0.0608. The summed E-state index contributed by atoms with van der Waals surface area (Å²) in [6, 6.07) is 3.32. The van der Waals surface area contributed by atoms with Crippen LogP contribution >= 0.6 is 0 Å². The Labute approximate surface area is 271 Å². The lowest BCUT2D eigenvalue weighted by Crippen LogP contribution is -2.41. The van der Waals surface area contributed by atoms with E-state index in [1.165, 1.54) is 11.6 Å². The largest absolute Gasteiger partial charge is 0.496 e. The molecule has 1 saturated carbocycles. The lowest BCUT2D eigenvalue weighted by atomic mass is 9.79. The molecule has 2 fully saturated rings. The number of hydrogen-bond donors (Lipinski definition) is 2. The molecule has 9 nitrogen and oxygen atoms in total. The third-order valence-corrected chi connectivity index (χ3v) is 9.11. The number of nitrogens with one attached hydrogen (secondary N) is 1. The standard InChI is InChI=1S/C31H42BF6N7O2/c1-7-44(17-20-10-8-9-11-20)26-22(14-25(16-41-26)32-46-28(2,3)29(4,5)47-32)19-45(27(39)42-43-40-6)18-21-12-23(30(33,34)35)15-24(13-21)31(36,37)38/h12-16,20H,7-11,17-19H2,1-6H3,(H2,39,40,42)/p+1. The number of guanidine groups is 1. The van der Waals surface area contributed by atoms with E-state index < -0.39 is 48.3 Å². The molecule has 2 aliphatic rings. The van der Waals surface area contributed by atoms with E-state index in [1.54, 1.807) is 6.20 Å². The molecule has 2 aromatic rings. The second-order valence-corrected chi connectivity index (χ2v) is 13.1. The van der Waals surface area contributed by atoms with E-state index in [2.05, 4.69) is 20.7 Å². The van der Waals surface area contributed by atoms with Gasteiger partial charge >= 0.3 is 25.4 Å². The maximum Gasteiger partial charge on any atom is 0.496 e. The van der Waals surface area contributed by atoms with Gasteiger partial charge in [0.25, 0.3) is 0 Å². The average molecular weight is 671 g/mol. The summed E-state index contributed by atoms with van der Waals surface area (Å²) in [5.74, 6) is 0.958. The van der Waals surface area contributed by atoms with E-state index in [0.717, 1.165) is 32.2 Å². The summed E-state index contributed by atoms with van der Waals surface area (Å²) >= 11 is 0. The number of hydrogen-bond acceptors (Lipinski definition) is 6. The maximum atomic E-state index is 13.7. The van der Waals surface area contributed by atoms with Crippen LogP contribution in [0.1, 0.15) is 82.6 Å². The molecule has 0 bridgehead atoms. The molecule has 47 heavy (non-hydrogen) atoms. The first kappa shape index (κ1) is 36.4. The second-order valence-electron chi connectivity index (χ2n) is 13.1. The van der Waals surface area contributed by atoms with E-state index >= 15 is 0 Å². The van der Waals surface area contributed by atoms with Gasteiger partial charge in [-0.25, -0.2) is 4.98 Å². The molecule has 0 unspecified atom stereocenters. The van der Waals surface area contributed by atoms with Gasteiger partial charge in [-0.15, -0.1) is 5.43 Å². The van der Waals surface area contributed by atoms with Gasteiger partial charge in [0.2, 0.25) is 0 Å². The zero-order valence-electron chi connectivity index (χ0n) is 27.6. The fourth-order valence-electron chi connectivity index (χ4n) is 5.84. The van der Waals surface area contributed by atoms with Crippen LogP contribution in [0.3, 0.4) is 0 Å². The van der Waals surface area contributed by atoms with Crippen molar-refractivity contribution in [3.63, 3.8) is 0 Å². The molecular formula is C31H43BF6N7O2+. The third-order valence-electron chi connectivity index (χ3n) is 9.11. The van der Waals surface area contributed by atoms with Gasteiger partial charge in [-0.1, -0.05) is 18.9 Å². The summed E-state index contributed by atoms with van der Waals surface area (Å²) in [7, 11) is 0.621. The Morgan fingerprint density at radius 3 is 2.09 bits per heavy atom. The van der Waals surface area contributed by atoms with Gasteiger partial charge in [-0.3, -0.25) is 10.3 Å². The minimum Gasteiger partial charge on any atom is -0.399 e. The summed E-state index contributed by atoms with van der Waals surface area (Å²) in [5.41, 5.74) is 5.73. The predicted octanol–water partition coefficient (Wildman–Crippen LogP) is 6.05. The number of anilines is 1. The maximum absolute atomic E-state index is 13.7. The molecular weight excluding hydrogens is 627 g/mol. The van der Waals surface area contributed by atoms with Crippen LogP contribution in [-0.2, 0) is 34.8 Å². The van der Waals surface area contributed by atoms with Crippen LogP contribution in [0, 0.1) is 5.92 Å². The van der Waals surface area contributed by atoms with E-state index in [0.29, 0.717) is 41.4 Å². The Balaban J connectivity index is 1.81. The van der Waals surface area contributed by atoms with Crippen molar-refractivity contribution in [1.29, 1.82) is 0 Å². The summed E-state index contributed by atoms with van der Waals surface area (Å²) in [4.78, 5) is 6.97. The number of alkyl halides is 6. The van der Waals surface area contributed by atoms with Crippen LogP contribution in [0.15, 0.2) is 40.8 Å². The normalized spacial score (nSPS) is 19.0. The molecule has 0 atom stereocenters. The number of aromatic nitrogens is 1. The van der Waals surface area contributed by atoms with E-state index in [-0.39, 0.29) is 24.1 Å². The lowest BCUT2D eigenvalue weighted by Gasteiger charge is -2.32. The molecule has 4 rings (SSSR count). The van der Waals surface area contributed by atoms with Crippen molar-refractivity contribution in [2.75, 3.05) is 25.0 Å². The molecule has 0 radical (unpaired) electrons. The summed E-state index contributed by atoms with van der Waals surface area (Å²) in [5, 5.41) is 7.30. The van der Waals surface area contributed by atoms with Crippen LogP contribution in [0.4, 0.5) is 32.2 Å². The molecule has 1 aliphatic heterocycles. The van der Waals surface area contributed by atoms with Gasteiger partial charge in [-0.2, -0.15) is 31.5 Å². The molecule has 0 spiro atoms. The average Bonchev–Trinajstić information content (AvgIpc) is 3.57. The van der Waals surface area contributed by atoms with E-state index in [1.807, 2.05) is 40.7 Å². The Hall–Kier alpha value is -3.40. The van der Waals surface area contributed by atoms with Gasteiger partial charge in [0.1, 0.15) is 5.82 Å². The molecule has 1 aromatic carbocycles. The second kappa shape index (κ2) is 14.0. The van der Waals surface area contributed by atoms with Gasteiger partial charge in [0.05, 0.1) is 42.5 Å². The number of halogens is 6. The van der Waals surface area contributed by atoms with Gasteiger partial charge in [0.15, 0.2) is 0 Å². The van der Waals surface area contributed by atoms with Crippen molar-refractivity contribution >= 4 is 24.4 Å². The first-order valence-electron chi connectivity index (χ1n) is 15.6. The molecule has 2 heterocycles. The molecule has 1 saturated heterocycles. The SMILES string of the molecule is CCN(CC1CCCC1)c1ncc(B2OC(C)(C)C(C)(C)O2)cc1C[N+](Cc1cc(C(F)(F)F)cc(C(F)(F)F)c1)=C(N)NN=NC. The fourth-order valence-corrected chi connectivity index (χ4v) is 5.84. The van der Waals surface area contributed by atoms with Crippen LogP contribution in [0.2, 0.25) is 0 Å². The number of pyridine rings is 1. The Kier molecular flexibility index (Phi) is 10.8. The zero-order chi connectivity index (χ0) is 34.8. The number of rotatable bonds is 10. The smallest absolute Gasteiger partial charge is 0.399 e. The monoisotopic (exact) mass is 670 g/mol. The highest BCUT2D eigenvalue weighted by molar-refractivity contribution is 6.62. The van der Waals surface area contributed by atoms with Crippen LogP contribution < -0.4 is 21.5 Å². The van der Waals surface area contributed by atoms with Crippen LogP contribution in [-0.4, -0.2) is 54.0 Å². The Morgan fingerprint density at radius 2 is 1.57 bits per heavy atom. The number of benzene rings is 1. The molecule has 1 aromatic heterocycles. The Morgan fingerprint density at radius 1 is 1.00 bits per heavy atom. The van der Waals surface area contributed by atoms with Gasteiger partial charge in [-0.05, 0) is 82.4 Å². The Bertz CT molecular complexity index is 1420.